The van der Waals surface area contributed by atoms with E-state index < -0.39 is 0 Å². The Kier molecular flexibility index (Phi) is 3.80. The minimum atomic E-state index is 0.715. The third-order valence-corrected chi connectivity index (χ3v) is 4.18. The Morgan fingerprint density at radius 1 is 1.35 bits per heavy atom. The zero-order valence-electron chi connectivity index (χ0n) is 10.8. The minimum absolute atomic E-state index is 0.715. The van der Waals surface area contributed by atoms with Gasteiger partial charge in [0.05, 0.1) is 12.0 Å². The molecule has 0 saturated carbocycles. The minimum Gasteiger partial charge on any atom is -0.463 e. The molecule has 6 heteroatoms. The Morgan fingerprint density at radius 2 is 2.25 bits per heavy atom. The molecule has 1 aromatic heterocycles. The Bertz CT molecular complexity index is 680. The standard InChI is InChI=1S/C14H12ClN3OS/c1-9-10(15)4-2-5-11(9)16-14-18-17-12(8-20-14)13-6-3-7-19-13/h2-7H,8H2,1H3,(H,16,18). The van der Waals surface area contributed by atoms with Gasteiger partial charge in [-0.3, -0.25) is 5.43 Å². The molecule has 1 aromatic carbocycles. The summed E-state index contributed by atoms with van der Waals surface area (Å²) in [6.45, 7) is 1.95. The first kappa shape index (κ1) is 13.3. The van der Waals surface area contributed by atoms with E-state index in [1.807, 2.05) is 37.3 Å². The van der Waals surface area contributed by atoms with Gasteiger partial charge in [0.15, 0.2) is 10.9 Å². The average Bonchev–Trinajstić information content (AvgIpc) is 2.99. The summed E-state index contributed by atoms with van der Waals surface area (Å²) < 4.78 is 5.32. The molecular weight excluding hydrogens is 294 g/mol. The van der Waals surface area contributed by atoms with Gasteiger partial charge in [0, 0.05) is 10.8 Å². The zero-order valence-corrected chi connectivity index (χ0v) is 12.3. The van der Waals surface area contributed by atoms with Crippen LogP contribution in [0, 0.1) is 6.92 Å². The van der Waals surface area contributed by atoms with Crippen LogP contribution in [0.4, 0.5) is 5.69 Å². The van der Waals surface area contributed by atoms with E-state index >= 15 is 0 Å². The fraction of sp³-hybridized carbons (Fsp3) is 0.143. The van der Waals surface area contributed by atoms with Gasteiger partial charge in [0.1, 0.15) is 5.71 Å². The highest BCUT2D eigenvalue weighted by molar-refractivity contribution is 8.14. The third kappa shape index (κ3) is 2.73. The van der Waals surface area contributed by atoms with Gasteiger partial charge in [0.25, 0.3) is 0 Å². The second-order valence-electron chi connectivity index (χ2n) is 4.24. The predicted molar refractivity (Wildman–Crippen MR) is 84.1 cm³/mol. The van der Waals surface area contributed by atoms with Gasteiger partial charge < -0.3 is 4.42 Å². The van der Waals surface area contributed by atoms with Crippen LogP contribution in [-0.2, 0) is 0 Å². The van der Waals surface area contributed by atoms with Gasteiger partial charge >= 0.3 is 0 Å². The van der Waals surface area contributed by atoms with Crippen LogP contribution in [0.3, 0.4) is 0 Å². The first-order chi connectivity index (χ1) is 9.74. The number of benzene rings is 1. The Morgan fingerprint density at radius 3 is 2.95 bits per heavy atom. The van der Waals surface area contributed by atoms with Gasteiger partial charge in [0.2, 0.25) is 0 Å². The van der Waals surface area contributed by atoms with Crippen molar-refractivity contribution in [3.63, 3.8) is 0 Å². The van der Waals surface area contributed by atoms with Crippen molar-refractivity contribution < 1.29 is 4.42 Å². The second-order valence-corrected chi connectivity index (χ2v) is 5.61. The summed E-state index contributed by atoms with van der Waals surface area (Å²) in [6, 6.07) is 9.42. The Labute approximate surface area is 125 Å². The highest BCUT2D eigenvalue weighted by atomic mass is 35.5. The normalized spacial score (nSPS) is 16.9. The lowest BCUT2D eigenvalue weighted by Crippen LogP contribution is -2.24. The van der Waals surface area contributed by atoms with Crippen molar-refractivity contribution in [1.82, 2.24) is 5.43 Å². The van der Waals surface area contributed by atoms with E-state index in [9.17, 15) is 0 Å². The van der Waals surface area contributed by atoms with E-state index in [1.165, 1.54) is 0 Å². The maximum Gasteiger partial charge on any atom is 0.182 e. The molecule has 0 bridgehead atoms. The SMILES string of the molecule is Cc1c(Cl)cccc1N=C1NN=C(c2ccco2)CS1. The lowest BCUT2D eigenvalue weighted by atomic mass is 10.2. The van der Waals surface area contributed by atoms with E-state index in [0.29, 0.717) is 5.02 Å². The summed E-state index contributed by atoms with van der Waals surface area (Å²) in [4.78, 5) is 4.54. The summed E-state index contributed by atoms with van der Waals surface area (Å²) in [5, 5.41) is 5.76. The largest absolute Gasteiger partial charge is 0.463 e. The van der Waals surface area contributed by atoms with E-state index in [2.05, 4.69) is 15.5 Å². The van der Waals surface area contributed by atoms with Crippen LogP contribution in [0.2, 0.25) is 5.02 Å². The molecule has 102 valence electrons. The quantitative estimate of drug-likeness (QED) is 0.913. The van der Waals surface area contributed by atoms with Gasteiger partial charge in [-0.2, -0.15) is 5.10 Å². The van der Waals surface area contributed by atoms with Crippen molar-refractivity contribution in [2.24, 2.45) is 10.1 Å². The number of hydrogen-bond acceptors (Lipinski definition) is 4. The van der Waals surface area contributed by atoms with Crippen LogP contribution in [-0.4, -0.2) is 16.6 Å². The van der Waals surface area contributed by atoms with Crippen molar-refractivity contribution in [3.8, 4) is 0 Å². The number of rotatable bonds is 2. The van der Waals surface area contributed by atoms with Crippen molar-refractivity contribution in [3.05, 3.63) is 52.9 Å². The Hall–Kier alpha value is -1.72. The number of amidine groups is 1. The fourth-order valence-electron chi connectivity index (χ4n) is 1.77. The van der Waals surface area contributed by atoms with Crippen LogP contribution in [0.15, 0.2) is 51.1 Å². The van der Waals surface area contributed by atoms with Crippen LogP contribution in [0.1, 0.15) is 11.3 Å². The number of nitrogens with zero attached hydrogens (tertiary/aromatic N) is 2. The number of halogens is 1. The molecule has 3 rings (SSSR count). The Balaban J connectivity index is 1.81. The first-order valence-corrected chi connectivity index (χ1v) is 7.43. The molecule has 4 nitrogen and oxygen atoms in total. The van der Waals surface area contributed by atoms with Crippen molar-refractivity contribution in [1.29, 1.82) is 0 Å². The number of furan rings is 1. The molecule has 1 aliphatic heterocycles. The second kappa shape index (κ2) is 5.73. The van der Waals surface area contributed by atoms with Crippen LogP contribution in [0.25, 0.3) is 0 Å². The lowest BCUT2D eigenvalue weighted by molar-refractivity contribution is 0.556. The maximum absolute atomic E-state index is 6.09. The molecule has 0 atom stereocenters. The molecule has 1 aliphatic rings. The molecule has 0 radical (unpaired) electrons. The summed E-state index contributed by atoms with van der Waals surface area (Å²) in [5.74, 6) is 1.50. The highest BCUT2D eigenvalue weighted by Gasteiger charge is 2.15. The number of hydrogen-bond donors (Lipinski definition) is 1. The number of hydrazone groups is 1. The first-order valence-electron chi connectivity index (χ1n) is 6.07. The number of thioether (sulfide) groups is 1. The van der Waals surface area contributed by atoms with E-state index in [-0.39, 0.29) is 0 Å². The van der Waals surface area contributed by atoms with Crippen molar-refractivity contribution >= 4 is 39.9 Å². The summed E-state index contributed by atoms with van der Waals surface area (Å²) >= 11 is 7.67. The van der Waals surface area contributed by atoms with Gasteiger partial charge in [-0.1, -0.05) is 29.4 Å². The molecule has 1 N–H and O–H groups in total. The van der Waals surface area contributed by atoms with Crippen molar-refractivity contribution in [2.75, 3.05) is 5.75 Å². The fourth-order valence-corrected chi connectivity index (χ4v) is 2.69. The molecular formula is C14H12ClN3OS. The summed E-state index contributed by atoms with van der Waals surface area (Å²) in [6.07, 6.45) is 1.64. The van der Waals surface area contributed by atoms with Crippen LogP contribution < -0.4 is 5.43 Å². The highest BCUT2D eigenvalue weighted by Crippen LogP contribution is 2.27. The van der Waals surface area contributed by atoms with Crippen LogP contribution >= 0.6 is 23.4 Å². The number of aliphatic imine (C=N–C) groups is 1. The van der Waals surface area contributed by atoms with Gasteiger partial charge in [-0.15, -0.1) is 0 Å². The van der Waals surface area contributed by atoms with Crippen LogP contribution in [0.5, 0.6) is 0 Å². The van der Waals surface area contributed by atoms with Gasteiger partial charge in [-0.25, -0.2) is 4.99 Å². The lowest BCUT2D eigenvalue weighted by Gasteiger charge is -2.13. The third-order valence-electron chi connectivity index (χ3n) is 2.90. The van der Waals surface area contributed by atoms with Gasteiger partial charge in [-0.05, 0) is 36.8 Å². The van der Waals surface area contributed by atoms with E-state index in [1.54, 1.807) is 18.0 Å². The molecule has 0 aliphatic carbocycles. The predicted octanol–water partition coefficient (Wildman–Crippen LogP) is 3.97. The molecule has 0 spiro atoms. The van der Waals surface area contributed by atoms with Crippen molar-refractivity contribution in [2.45, 2.75) is 6.92 Å². The number of nitrogens with one attached hydrogen (secondary N) is 1. The smallest absolute Gasteiger partial charge is 0.182 e. The molecule has 2 heterocycles. The molecule has 0 fully saturated rings. The topological polar surface area (TPSA) is 49.9 Å². The molecule has 0 saturated heterocycles. The van der Waals surface area contributed by atoms with E-state index in [4.69, 9.17) is 16.0 Å². The maximum atomic E-state index is 6.09. The van der Waals surface area contributed by atoms with E-state index in [0.717, 1.165) is 33.6 Å². The zero-order chi connectivity index (χ0) is 13.9. The monoisotopic (exact) mass is 305 g/mol. The average molecular weight is 306 g/mol. The summed E-state index contributed by atoms with van der Waals surface area (Å²) in [5.41, 5.74) is 5.64. The molecule has 0 unspecified atom stereocenters. The summed E-state index contributed by atoms with van der Waals surface area (Å²) in [7, 11) is 0. The molecule has 2 aromatic rings. The molecule has 20 heavy (non-hydrogen) atoms. The molecule has 0 amide bonds.